The highest BCUT2D eigenvalue weighted by molar-refractivity contribution is 8.08. The van der Waals surface area contributed by atoms with Crippen LogP contribution in [0.4, 0.5) is 0 Å². The van der Waals surface area contributed by atoms with Gasteiger partial charge in [-0.1, -0.05) is 50.8 Å². The van der Waals surface area contributed by atoms with Gasteiger partial charge in [0.15, 0.2) is 0 Å². The maximum atomic E-state index is 3.77. The van der Waals surface area contributed by atoms with E-state index in [0.29, 0.717) is 10.7 Å². The summed E-state index contributed by atoms with van der Waals surface area (Å²) in [5.74, 6) is 0. The zero-order valence-corrected chi connectivity index (χ0v) is 16.7. The molecule has 0 bridgehead atoms. The van der Waals surface area contributed by atoms with E-state index in [1.807, 2.05) is 23.9 Å². The quantitative estimate of drug-likeness (QED) is 0.614. The first-order valence-electron chi connectivity index (χ1n) is 9.52. The number of benzene rings is 1. The van der Waals surface area contributed by atoms with Gasteiger partial charge in [0.1, 0.15) is 0 Å². The Hall–Kier alpha value is -1.25. The van der Waals surface area contributed by atoms with Crippen LogP contribution in [-0.4, -0.2) is 30.3 Å². The lowest BCUT2D eigenvalue weighted by atomic mass is 9.73. The summed E-state index contributed by atoms with van der Waals surface area (Å²) in [6, 6.07) is 7.23. The van der Waals surface area contributed by atoms with E-state index < -0.39 is 0 Å². The molecule has 1 aromatic carbocycles. The van der Waals surface area contributed by atoms with Crippen molar-refractivity contribution in [3.05, 3.63) is 65.8 Å². The summed E-state index contributed by atoms with van der Waals surface area (Å²) in [5.41, 5.74) is 5.04. The van der Waals surface area contributed by atoms with Gasteiger partial charge in [-0.05, 0) is 80.1 Å². The molecule has 1 aromatic rings. The highest BCUT2D eigenvalue weighted by Gasteiger charge is 2.40. The number of nitrogens with zero attached hydrogens (tertiary/aromatic N) is 1. The zero-order chi connectivity index (χ0) is 17.9. The van der Waals surface area contributed by atoms with E-state index in [1.165, 1.54) is 49.2 Å². The molecule has 3 rings (SSSR count). The Labute approximate surface area is 157 Å². The van der Waals surface area contributed by atoms with E-state index in [0.717, 1.165) is 0 Å². The largest absolute Gasteiger partial charge is 0.306 e. The summed E-state index contributed by atoms with van der Waals surface area (Å²) < 4.78 is 0. The molecule has 1 saturated heterocycles. The van der Waals surface area contributed by atoms with Gasteiger partial charge < -0.3 is 4.90 Å². The van der Waals surface area contributed by atoms with Gasteiger partial charge >= 0.3 is 0 Å². The summed E-state index contributed by atoms with van der Waals surface area (Å²) >= 11 is 1.95. The molecule has 1 spiro atoms. The van der Waals surface area contributed by atoms with Crippen LogP contribution in [0.15, 0.2) is 49.1 Å². The van der Waals surface area contributed by atoms with Crippen molar-refractivity contribution in [2.24, 2.45) is 0 Å². The Morgan fingerprint density at radius 1 is 1.20 bits per heavy atom. The summed E-state index contributed by atoms with van der Waals surface area (Å²) in [5, 5.41) is 0.578. The van der Waals surface area contributed by atoms with Crippen LogP contribution in [0.1, 0.15) is 49.8 Å². The van der Waals surface area contributed by atoms with Crippen LogP contribution in [0.5, 0.6) is 0 Å². The van der Waals surface area contributed by atoms with Crippen molar-refractivity contribution in [1.29, 1.82) is 0 Å². The second-order valence-corrected chi connectivity index (χ2v) is 9.39. The first-order valence-corrected chi connectivity index (χ1v) is 10.4. The molecule has 0 unspecified atom stereocenters. The SMILES string of the molecule is C=C/C=C/C=C(\SC(C)C)c1ccc2c(c1)C1(CC2)CCN(C)CC1. The number of thioether (sulfide) groups is 1. The topological polar surface area (TPSA) is 3.24 Å². The van der Waals surface area contributed by atoms with Gasteiger partial charge in [-0.3, -0.25) is 0 Å². The molecule has 0 N–H and O–H groups in total. The van der Waals surface area contributed by atoms with Crippen molar-refractivity contribution < 1.29 is 0 Å². The molecule has 0 saturated carbocycles. The highest BCUT2D eigenvalue weighted by atomic mass is 32.2. The Balaban J connectivity index is 1.94. The third-order valence-corrected chi connectivity index (χ3v) is 6.74. The smallest absolute Gasteiger partial charge is 0.0147 e. The van der Waals surface area contributed by atoms with Gasteiger partial charge in [0.05, 0.1) is 0 Å². The lowest BCUT2D eigenvalue weighted by Crippen LogP contribution is -2.39. The minimum Gasteiger partial charge on any atom is -0.306 e. The standard InChI is InChI=1S/C23H31NS/c1-5-6-7-8-22(25-18(2)3)20-10-9-19-11-12-23(21(19)17-20)13-15-24(4)16-14-23/h5-10,17-18H,1,11-16H2,2-4H3/b7-6+,22-8-. The summed E-state index contributed by atoms with van der Waals surface area (Å²) in [7, 11) is 2.26. The van der Waals surface area contributed by atoms with Crippen LogP contribution in [0, 0.1) is 0 Å². The lowest BCUT2D eigenvalue weighted by Gasteiger charge is -2.39. The fourth-order valence-electron chi connectivity index (χ4n) is 4.19. The molecule has 1 heterocycles. The zero-order valence-electron chi connectivity index (χ0n) is 15.9. The lowest BCUT2D eigenvalue weighted by molar-refractivity contribution is 0.187. The number of hydrogen-bond donors (Lipinski definition) is 0. The number of rotatable bonds is 5. The first kappa shape index (κ1) is 18.5. The molecule has 0 aromatic heterocycles. The maximum absolute atomic E-state index is 3.77. The van der Waals surface area contributed by atoms with E-state index >= 15 is 0 Å². The molecule has 0 atom stereocenters. The second kappa shape index (κ2) is 7.97. The normalized spacial score (nSPS) is 20.6. The minimum absolute atomic E-state index is 0.433. The Bertz CT molecular complexity index is 675. The molecule has 2 heteroatoms. The number of aryl methyl sites for hydroxylation is 1. The highest BCUT2D eigenvalue weighted by Crippen LogP contribution is 2.47. The van der Waals surface area contributed by atoms with E-state index in [2.05, 4.69) is 62.7 Å². The Kier molecular flexibility index (Phi) is 5.91. The van der Waals surface area contributed by atoms with Crippen molar-refractivity contribution in [2.75, 3.05) is 20.1 Å². The molecule has 1 aliphatic heterocycles. The fraction of sp³-hybridized carbons (Fsp3) is 0.478. The summed E-state index contributed by atoms with van der Waals surface area (Å²) in [6.45, 7) is 10.8. The molecule has 1 nitrogen and oxygen atoms in total. The van der Waals surface area contributed by atoms with Gasteiger partial charge in [0.25, 0.3) is 0 Å². The molecule has 1 fully saturated rings. The average molecular weight is 354 g/mol. The van der Waals surface area contributed by atoms with E-state index in [1.54, 1.807) is 11.1 Å². The van der Waals surface area contributed by atoms with Crippen LogP contribution in [-0.2, 0) is 11.8 Å². The molecular formula is C23H31NS. The molecular weight excluding hydrogens is 322 g/mol. The van der Waals surface area contributed by atoms with E-state index in [4.69, 9.17) is 0 Å². The van der Waals surface area contributed by atoms with Crippen molar-refractivity contribution in [3.63, 3.8) is 0 Å². The Morgan fingerprint density at radius 3 is 2.64 bits per heavy atom. The average Bonchev–Trinajstić information content (AvgIpc) is 2.95. The summed E-state index contributed by atoms with van der Waals surface area (Å²) in [6.07, 6.45) is 13.4. The summed E-state index contributed by atoms with van der Waals surface area (Å²) in [4.78, 5) is 3.85. The van der Waals surface area contributed by atoms with Crippen molar-refractivity contribution in [1.82, 2.24) is 4.90 Å². The van der Waals surface area contributed by atoms with Crippen LogP contribution < -0.4 is 0 Å². The predicted octanol–water partition coefficient (Wildman–Crippen LogP) is 5.82. The number of hydrogen-bond acceptors (Lipinski definition) is 2. The molecule has 134 valence electrons. The minimum atomic E-state index is 0.433. The van der Waals surface area contributed by atoms with Gasteiger partial charge in [0.2, 0.25) is 0 Å². The number of allylic oxidation sites excluding steroid dienone is 4. The number of piperidine rings is 1. The van der Waals surface area contributed by atoms with Crippen molar-refractivity contribution in [3.8, 4) is 0 Å². The molecule has 1 aliphatic carbocycles. The van der Waals surface area contributed by atoms with Gasteiger partial charge in [-0.2, -0.15) is 0 Å². The predicted molar refractivity (Wildman–Crippen MR) is 113 cm³/mol. The number of fused-ring (bicyclic) bond motifs is 2. The third kappa shape index (κ3) is 4.12. The van der Waals surface area contributed by atoms with Crippen LogP contribution in [0.2, 0.25) is 0 Å². The van der Waals surface area contributed by atoms with E-state index in [-0.39, 0.29) is 0 Å². The van der Waals surface area contributed by atoms with Gasteiger partial charge in [0, 0.05) is 10.2 Å². The van der Waals surface area contributed by atoms with Crippen LogP contribution >= 0.6 is 11.8 Å². The molecule has 25 heavy (non-hydrogen) atoms. The van der Waals surface area contributed by atoms with Gasteiger partial charge in [-0.15, -0.1) is 11.8 Å². The molecule has 2 aliphatic rings. The van der Waals surface area contributed by atoms with E-state index in [9.17, 15) is 0 Å². The third-order valence-electron chi connectivity index (χ3n) is 5.64. The van der Waals surface area contributed by atoms with Crippen molar-refractivity contribution in [2.45, 2.75) is 50.2 Å². The second-order valence-electron chi connectivity index (χ2n) is 7.77. The molecule has 0 amide bonds. The number of likely N-dealkylation sites (tertiary alicyclic amines) is 1. The van der Waals surface area contributed by atoms with Crippen LogP contribution in [0.25, 0.3) is 4.91 Å². The maximum Gasteiger partial charge on any atom is 0.0147 e. The monoisotopic (exact) mass is 353 g/mol. The molecule has 0 radical (unpaired) electrons. The fourth-order valence-corrected chi connectivity index (χ4v) is 5.12. The van der Waals surface area contributed by atoms with Crippen molar-refractivity contribution >= 4 is 16.7 Å². The van der Waals surface area contributed by atoms with Gasteiger partial charge in [-0.25, -0.2) is 0 Å². The first-order chi connectivity index (χ1) is 12.0. The Morgan fingerprint density at radius 2 is 1.96 bits per heavy atom. The van der Waals surface area contributed by atoms with Crippen LogP contribution in [0.3, 0.4) is 0 Å².